The maximum atomic E-state index is 12.9. The molecule has 0 saturated heterocycles. The van der Waals surface area contributed by atoms with Crippen LogP contribution in [-0.2, 0) is 4.79 Å². The molecule has 9 heteroatoms. The van der Waals surface area contributed by atoms with Crippen LogP contribution in [0.4, 0.5) is 4.39 Å². The second-order valence-electron chi connectivity index (χ2n) is 5.28. The molecule has 0 aliphatic carbocycles. The zero-order chi connectivity index (χ0) is 17.8. The summed E-state index contributed by atoms with van der Waals surface area (Å²) in [5.41, 5.74) is 0.835. The molecule has 2 aromatic heterocycles. The average molecular weight is 377 g/mol. The number of hydrogen-bond donors (Lipinski definition) is 2. The standard InChI is InChI=1S/C16H16FN5OS2/c1-10(11-4-6-12(17)7-5-11)19-14(23)9-25-16-21-20-15(22(16)18)13-3-2-8-24-13/h2-8,10H,9,18H2,1H3,(H,19,23). The van der Waals surface area contributed by atoms with E-state index in [2.05, 4.69) is 15.5 Å². The lowest BCUT2D eigenvalue weighted by Crippen LogP contribution is -2.28. The van der Waals surface area contributed by atoms with Crippen LogP contribution in [0.3, 0.4) is 0 Å². The molecule has 2 heterocycles. The van der Waals surface area contributed by atoms with E-state index in [1.807, 2.05) is 24.4 Å². The summed E-state index contributed by atoms with van der Waals surface area (Å²) in [6.45, 7) is 1.84. The summed E-state index contributed by atoms with van der Waals surface area (Å²) in [6.07, 6.45) is 0. The summed E-state index contributed by atoms with van der Waals surface area (Å²) in [5, 5.41) is 13.3. The molecule has 3 N–H and O–H groups in total. The van der Waals surface area contributed by atoms with E-state index in [9.17, 15) is 9.18 Å². The third-order valence-corrected chi connectivity index (χ3v) is 5.29. The largest absolute Gasteiger partial charge is 0.349 e. The first kappa shape index (κ1) is 17.4. The fraction of sp³-hybridized carbons (Fsp3) is 0.188. The highest BCUT2D eigenvalue weighted by Gasteiger charge is 2.15. The van der Waals surface area contributed by atoms with Crippen molar-refractivity contribution in [1.29, 1.82) is 0 Å². The monoisotopic (exact) mass is 377 g/mol. The number of nitrogens with one attached hydrogen (secondary N) is 1. The number of amides is 1. The number of halogens is 1. The van der Waals surface area contributed by atoms with Crippen molar-refractivity contribution in [3.63, 3.8) is 0 Å². The summed E-state index contributed by atoms with van der Waals surface area (Å²) < 4.78 is 14.3. The molecule has 0 aliphatic rings. The predicted octanol–water partition coefficient (Wildman–Crippen LogP) is 2.83. The van der Waals surface area contributed by atoms with Crippen LogP contribution in [0.5, 0.6) is 0 Å². The van der Waals surface area contributed by atoms with Gasteiger partial charge in [0.1, 0.15) is 5.82 Å². The number of hydrogen-bond acceptors (Lipinski definition) is 6. The molecule has 0 radical (unpaired) electrons. The second kappa shape index (κ2) is 7.66. The number of carbonyl (C=O) groups excluding carboxylic acids is 1. The van der Waals surface area contributed by atoms with Crippen molar-refractivity contribution in [3.05, 3.63) is 53.2 Å². The zero-order valence-electron chi connectivity index (χ0n) is 13.3. The molecule has 6 nitrogen and oxygen atoms in total. The second-order valence-corrected chi connectivity index (χ2v) is 7.17. The van der Waals surface area contributed by atoms with Gasteiger partial charge in [-0.2, -0.15) is 0 Å². The molecule has 3 aromatic rings. The highest BCUT2D eigenvalue weighted by Crippen LogP contribution is 2.25. The van der Waals surface area contributed by atoms with Crippen LogP contribution in [-0.4, -0.2) is 26.5 Å². The third kappa shape index (κ3) is 4.18. The molecule has 1 aromatic carbocycles. The van der Waals surface area contributed by atoms with E-state index >= 15 is 0 Å². The van der Waals surface area contributed by atoms with Gasteiger partial charge >= 0.3 is 0 Å². The van der Waals surface area contributed by atoms with Gasteiger partial charge in [0, 0.05) is 0 Å². The lowest BCUT2D eigenvalue weighted by atomic mass is 10.1. The number of nitrogens with two attached hydrogens (primary N) is 1. The van der Waals surface area contributed by atoms with Crippen LogP contribution >= 0.6 is 23.1 Å². The lowest BCUT2D eigenvalue weighted by molar-refractivity contribution is -0.119. The molecular formula is C16H16FN5OS2. The van der Waals surface area contributed by atoms with Crippen LogP contribution < -0.4 is 11.2 Å². The van der Waals surface area contributed by atoms with Crippen molar-refractivity contribution in [2.75, 3.05) is 11.6 Å². The number of rotatable bonds is 6. The minimum absolute atomic E-state index is 0.158. The van der Waals surface area contributed by atoms with E-state index in [0.29, 0.717) is 11.0 Å². The smallest absolute Gasteiger partial charge is 0.230 e. The normalized spacial score (nSPS) is 12.1. The molecule has 1 amide bonds. The van der Waals surface area contributed by atoms with Crippen LogP contribution in [0.15, 0.2) is 46.9 Å². The van der Waals surface area contributed by atoms with E-state index in [0.717, 1.165) is 10.4 Å². The summed E-state index contributed by atoms with van der Waals surface area (Å²) in [5.74, 6) is 6.25. The van der Waals surface area contributed by atoms with Gasteiger partial charge in [-0.05, 0) is 36.1 Å². The van der Waals surface area contributed by atoms with Gasteiger partial charge in [-0.15, -0.1) is 21.5 Å². The molecular weight excluding hydrogens is 361 g/mol. The van der Waals surface area contributed by atoms with E-state index < -0.39 is 0 Å². The Morgan fingerprint density at radius 1 is 1.36 bits per heavy atom. The van der Waals surface area contributed by atoms with Crippen LogP contribution in [0.1, 0.15) is 18.5 Å². The average Bonchev–Trinajstić information content (AvgIpc) is 3.23. The Bertz CT molecular complexity index is 848. The predicted molar refractivity (Wildman–Crippen MR) is 97.2 cm³/mol. The highest BCUT2D eigenvalue weighted by molar-refractivity contribution is 7.99. The summed E-state index contributed by atoms with van der Waals surface area (Å²) in [4.78, 5) is 13.0. The molecule has 0 bridgehead atoms. The minimum atomic E-state index is -0.304. The summed E-state index contributed by atoms with van der Waals surface area (Å²) >= 11 is 2.73. The Kier molecular flexibility index (Phi) is 5.34. The maximum Gasteiger partial charge on any atom is 0.230 e. The molecule has 130 valence electrons. The Balaban J connectivity index is 1.56. The Morgan fingerprint density at radius 3 is 2.80 bits per heavy atom. The van der Waals surface area contributed by atoms with Gasteiger partial charge in [-0.25, -0.2) is 9.07 Å². The van der Waals surface area contributed by atoms with E-state index in [1.165, 1.54) is 39.9 Å². The van der Waals surface area contributed by atoms with Crippen molar-refractivity contribution >= 4 is 29.0 Å². The SMILES string of the molecule is CC(NC(=O)CSc1nnc(-c2cccs2)n1N)c1ccc(F)cc1. The van der Waals surface area contributed by atoms with Gasteiger partial charge in [0.05, 0.1) is 16.7 Å². The molecule has 0 saturated carbocycles. The van der Waals surface area contributed by atoms with Crippen molar-refractivity contribution < 1.29 is 9.18 Å². The number of nitrogen functional groups attached to an aromatic ring is 1. The maximum absolute atomic E-state index is 12.9. The van der Waals surface area contributed by atoms with Gasteiger partial charge in [0.2, 0.25) is 11.1 Å². The van der Waals surface area contributed by atoms with Crippen LogP contribution in [0, 0.1) is 5.82 Å². The molecule has 25 heavy (non-hydrogen) atoms. The van der Waals surface area contributed by atoms with Crippen LogP contribution in [0.2, 0.25) is 0 Å². The first-order valence-electron chi connectivity index (χ1n) is 7.46. The number of carbonyl (C=O) groups is 1. The fourth-order valence-corrected chi connectivity index (χ4v) is 3.57. The molecule has 0 aliphatic heterocycles. The van der Waals surface area contributed by atoms with E-state index in [4.69, 9.17) is 5.84 Å². The summed E-state index contributed by atoms with van der Waals surface area (Å²) in [7, 11) is 0. The topological polar surface area (TPSA) is 85.8 Å². The number of nitrogens with zero attached hydrogens (tertiary/aromatic N) is 3. The van der Waals surface area contributed by atoms with Crippen molar-refractivity contribution in [3.8, 4) is 10.7 Å². The van der Waals surface area contributed by atoms with Crippen LogP contribution in [0.25, 0.3) is 10.7 Å². The first-order valence-corrected chi connectivity index (χ1v) is 9.33. The molecule has 1 atom stereocenters. The molecule has 0 spiro atoms. The van der Waals surface area contributed by atoms with E-state index in [-0.39, 0.29) is 23.5 Å². The van der Waals surface area contributed by atoms with Gasteiger partial charge in [0.25, 0.3) is 0 Å². The van der Waals surface area contributed by atoms with Crippen molar-refractivity contribution in [2.45, 2.75) is 18.1 Å². The Morgan fingerprint density at radius 2 is 2.12 bits per heavy atom. The third-order valence-electron chi connectivity index (χ3n) is 3.49. The number of aromatic nitrogens is 3. The minimum Gasteiger partial charge on any atom is -0.349 e. The number of thiophene rings is 1. The quantitative estimate of drug-likeness (QED) is 0.510. The lowest BCUT2D eigenvalue weighted by Gasteiger charge is -2.14. The number of benzene rings is 1. The zero-order valence-corrected chi connectivity index (χ0v) is 15.0. The Labute approximate surface area is 152 Å². The molecule has 1 unspecified atom stereocenters. The number of thioether (sulfide) groups is 1. The highest BCUT2D eigenvalue weighted by atomic mass is 32.2. The van der Waals surface area contributed by atoms with E-state index in [1.54, 1.807) is 12.1 Å². The summed E-state index contributed by atoms with van der Waals surface area (Å²) in [6, 6.07) is 9.64. The van der Waals surface area contributed by atoms with Crippen molar-refractivity contribution in [2.24, 2.45) is 0 Å². The Hall–Kier alpha value is -2.39. The first-order chi connectivity index (χ1) is 12.0. The molecule has 3 rings (SSSR count). The van der Waals surface area contributed by atoms with Gasteiger partial charge in [0.15, 0.2) is 5.82 Å². The van der Waals surface area contributed by atoms with Gasteiger partial charge in [-0.3, -0.25) is 4.79 Å². The van der Waals surface area contributed by atoms with Gasteiger partial charge < -0.3 is 11.2 Å². The van der Waals surface area contributed by atoms with Crippen molar-refractivity contribution in [1.82, 2.24) is 20.2 Å². The fourth-order valence-electron chi connectivity index (χ4n) is 2.20. The molecule has 0 fully saturated rings. The van der Waals surface area contributed by atoms with Gasteiger partial charge in [-0.1, -0.05) is 30.0 Å².